The first-order chi connectivity index (χ1) is 10.4. The van der Waals surface area contributed by atoms with Crippen LogP contribution in [0.2, 0.25) is 0 Å². The molecule has 2 heterocycles. The second-order valence-electron chi connectivity index (χ2n) is 5.56. The van der Waals surface area contributed by atoms with E-state index in [1.54, 1.807) is 4.90 Å². The van der Waals surface area contributed by atoms with E-state index in [-0.39, 0.29) is 23.5 Å². The highest BCUT2D eigenvalue weighted by Crippen LogP contribution is 2.23. The standard InChI is InChI=1S/C15H17BrN2O3S/c1-2-18(12-5-6-22(20,21)9-12)15(19)14-7-10-3-4-11(16)8-13(10)17-14/h3-4,7-8,12,17H,2,5-6,9H2,1H3. The minimum Gasteiger partial charge on any atom is -0.350 e. The smallest absolute Gasteiger partial charge is 0.270 e. The molecule has 0 bridgehead atoms. The van der Waals surface area contributed by atoms with Gasteiger partial charge >= 0.3 is 0 Å². The zero-order valence-electron chi connectivity index (χ0n) is 12.2. The van der Waals surface area contributed by atoms with Crippen LogP contribution in [0.15, 0.2) is 28.7 Å². The zero-order valence-corrected chi connectivity index (χ0v) is 14.6. The molecule has 1 amide bonds. The largest absolute Gasteiger partial charge is 0.350 e. The van der Waals surface area contributed by atoms with Crippen LogP contribution in [0.1, 0.15) is 23.8 Å². The Hall–Kier alpha value is -1.34. The Morgan fingerprint density at radius 1 is 1.41 bits per heavy atom. The van der Waals surface area contributed by atoms with Crippen LogP contribution in [0.4, 0.5) is 0 Å². The van der Waals surface area contributed by atoms with E-state index in [4.69, 9.17) is 0 Å². The van der Waals surface area contributed by atoms with E-state index in [1.807, 2.05) is 31.2 Å². The topological polar surface area (TPSA) is 70.2 Å². The highest BCUT2D eigenvalue weighted by molar-refractivity contribution is 9.10. The fraction of sp³-hybridized carbons (Fsp3) is 0.400. The molecular formula is C15H17BrN2O3S. The van der Waals surface area contributed by atoms with E-state index in [1.165, 1.54) is 0 Å². The SMILES string of the molecule is CCN(C(=O)c1cc2ccc(Br)cc2[nH]1)C1CCS(=O)(=O)C1. The van der Waals surface area contributed by atoms with Gasteiger partial charge in [-0.05, 0) is 31.5 Å². The average molecular weight is 385 g/mol. The molecule has 1 aliphatic rings. The van der Waals surface area contributed by atoms with Crippen LogP contribution in [0, 0.1) is 0 Å². The number of aromatic nitrogens is 1. The number of aromatic amines is 1. The molecule has 5 nitrogen and oxygen atoms in total. The molecule has 1 aromatic heterocycles. The Morgan fingerprint density at radius 2 is 2.18 bits per heavy atom. The number of H-pyrrole nitrogens is 1. The summed E-state index contributed by atoms with van der Waals surface area (Å²) >= 11 is 3.41. The lowest BCUT2D eigenvalue weighted by molar-refractivity contribution is 0.0703. The zero-order chi connectivity index (χ0) is 15.9. The summed E-state index contributed by atoms with van der Waals surface area (Å²) in [4.78, 5) is 17.5. The molecular weight excluding hydrogens is 368 g/mol. The van der Waals surface area contributed by atoms with E-state index >= 15 is 0 Å². The summed E-state index contributed by atoms with van der Waals surface area (Å²) in [5, 5.41) is 0.960. The van der Waals surface area contributed by atoms with Crippen molar-refractivity contribution in [1.82, 2.24) is 9.88 Å². The van der Waals surface area contributed by atoms with Crippen molar-refractivity contribution in [3.05, 3.63) is 34.4 Å². The number of hydrogen-bond acceptors (Lipinski definition) is 3. The molecule has 22 heavy (non-hydrogen) atoms. The van der Waals surface area contributed by atoms with Crippen LogP contribution in [0.3, 0.4) is 0 Å². The molecule has 1 unspecified atom stereocenters. The summed E-state index contributed by atoms with van der Waals surface area (Å²) in [7, 11) is -3.01. The highest BCUT2D eigenvalue weighted by atomic mass is 79.9. The number of halogens is 1. The van der Waals surface area contributed by atoms with Gasteiger partial charge in [0.1, 0.15) is 5.69 Å². The molecule has 1 aromatic carbocycles. The number of amides is 1. The van der Waals surface area contributed by atoms with Crippen molar-refractivity contribution in [2.24, 2.45) is 0 Å². The summed E-state index contributed by atoms with van der Waals surface area (Å²) in [5.41, 5.74) is 1.38. The quantitative estimate of drug-likeness (QED) is 0.883. The van der Waals surface area contributed by atoms with Crippen molar-refractivity contribution < 1.29 is 13.2 Å². The Morgan fingerprint density at radius 3 is 2.82 bits per heavy atom. The molecule has 118 valence electrons. The number of fused-ring (bicyclic) bond motifs is 1. The lowest BCUT2D eigenvalue weighted by Gasteiger charge is -2.26. The van der Waals surface area contributed by atoms with Gasteiger partial charge in [0.2, 0.25) is 0 Å². The summed E-state index contributed by atoms with van der Waals surface area (Å²) in [5.74, 6) is 0.0938. The van der Waals surface area contributed by atoms with Crippen molar-refractivity contribution in [2.45, 2.75) is 19.4 Å². The maximum Gasteiger partial charge on any atom is 0.270 e. The van der Waals surface area contributed by atoms with Gasteiger partial charge in [-0.3, -0.25) is 4.79 Å². The van der Waals surface area contributed by atoms with E-state index in [9.17, 15) is 13.2 Å². The number of rotatable bonds is 3. The maximum absolute atomic E-state index is 12.7. The maximum atomic E-state index is 12.7. The molecule has 0 spiro atoms. The van der Waals surface area contributed by atoms with Crippen molar-refractivity contribution in [1.29, 1.82) is 0 Å². The van der Waals surface area contributed by atoms with Gasteiger partial charge < -0.3 is 9.88 Å². The van der Waals surface area contributed by atoms with Crippen LogP contribution in [0.5, 0.6) is 0 Å². The number of nitrogens with one attached hydrogen (secondary N) is 1. The lowest BCUT2D eigenvalue weighted by atomic mass is 10.2. The van der Waals surface area contributed by atoms with Crippen molar-refractivity contribution >= 4 is 42.6 Å². The third kappa shape index (κ3) is 2.92. The number of benzene rings is 1. The van der Waals surface area contributed by atoms with Gasteiger partial charge in [-0.25, -0.2) is 8.42 Å². The van der Waals surface area contributed by atoms with Crippen molar-refractivity contribution in [3.63, 3.8) is 0 Å². The number of carbonyl (C=O) groups is 1. The van der Waals surface area contributed by atoms with E-state index in [0.29, 0.717) is 18.7 Å². The lowest BCUT2D eigenvalue weighted by Crippen LogP contribution is -2.41. The normalized spacial score (nSPS) is 20.4. The summed E-state index contributed by atoms with van der Waals surface area (Å²) in [6.07, 6.45) is 0.522. The fourth-order valence-corrected chi connectivity index (χ4v) is 5.05. The van der Waals surface area contributed by atoms with E-state index in [2.05, 4.69) is 20.9 Å². The molecule has 1 N–H and O–H groups in total. The fourth-order valence-electron chi connectivity index (χ4n) is 2.96. The molecule has 0 radical (unpaired) electrons. The third-order valence-corrected chi connectivity index (χ3v) is 6.31. The van der Waals surface area contributed by atoms with Crippen LogP contribution in [-0.4, -0.2) is 48.3 Å². The van der Waals surface area contributed by atoms with Crippen LogP contribution >= 0.6 is 15.9 Å². The van der Waals surface area contributed by atoms with Gasteiger partial charge in [-0.1, -0.05) is 22.0 Å². The predicted molar refractivity (Wildman–Crippen MR) is 89.8 cm³/mol. The average Bonchev–Trinajstić information content (AvgIpc) is 3.02. The molecule has 1 aliphatic heterocycles. The molecule has 0 aliphatic carbocycles. The van der Waals surface area contributed by atoms with Crippen molar-refractivity contribution in [3.8, 4) is 0 Å². The Kier molecular flexibility index (Phi) is 4.03. The van der Waals surface area contributed by atoms with E-state index < -0.39 is 9.84 Å². The first-order valence-electron chi connectivity index (χ1n) is 7.19. The summed E-state index contributed by atoms with van der Waals surface area (Å²) < 4.78 is 24.2. The molecule has 7 heteroatoms. The number of nitrogens with zero attached hydrogens (tertiary/aromatic N) is 1. The minimum atomic E-state index is -3.01. The Labute approximate surface area is 137 Å². The predicted octanol–water partition coefficient (Wildman–Crippen LogP) is 2.58. The van der Waals surface area contributed by atoms with Crippen LogP contribution < -0.4 is 0 Å². The Bertz CT molecular complexity index is 828. The van der Waals surface area contributed by atoms with Gasteiger partial charge in [-0.15, -0.1) is 0 Å². The first kappa shape index (κ1) is 15.6. The van der Waals surface area contributed by atoms with Gasteiger partial charge in [0, 0.05) is 28.0 Å². The molecule has 3 rings (SSSR count). The second kappa shape index (κ2) is 5.70. The summed E-state index contributed by atoms with van der Waals surface area (Å²) in [6, 6.07) is 7.37. The Balaban J connectivity index is 1.90. The number of sulfone groups is 1. The minimum absolute atomic E-state index is 0.0678. The van der Waals surface area contributed by atoms with Crippen molar-refractivity contribution in [2.75, 3.05) is 18.1 Å². The van der Waals surface area contributed by atoms with Crippen LogP contribution in [-0.2, 0) is 9.84 Å². The molecule has 2 aromatic rings. The van der Waals surface area contributed by atoms with Crippen LogP contribution in [0.25, 0.3) is 10.9 Å². The number of carbonyl (C=O) groups excluding carboxylic acids is 1. The van der Waals surface area contributed by atoms with Gasteiger partial charge in [0.15, 0.2) is 9.84 Å². The highest BCUT2D eigenvalue weighted by Gasteiger charge is 2.34. The van der Waals surface area contributed by atoms with Gasteiger partial charge in [0.05, 0.1) is 11.5 Å². The molecule has 1 fully saturated rings. The summed E-state index contributed by atoms with van der Waals surface area (Å²) in [6.45, 7) is 2.38. The monoisotopic (exact) mass is 384 g/mol. The molecule has 1 atom stereocenters. The van der Waals surface area contributed by atoms with Gasteiger partial charge in [0.25, 0.3) is 5.91 Å². The second-order valence-corrected chi connectivity index (χ2v) is 8.71. The number of hydrogen-bond donors (Lipinski definition) is 1. The third-order valence-electron chi connectivity index (χ3n) is 4.07. The molecule has 0 saturated carbocycles. The van der Waals surface area contributed by atoms with Gasteiger partial charge in [-0.2, -0.15) is 0 Å². The molecule has 1 saturated heterocycles. The van der Waals surface area contributed by atoms with E-state index in [0.717, 1.165) is 15.4 Å². The first-order valence-corrected chi connectivity index (χ1v) is 9.81.